The van der Waals surface area contributed by atoms with E-state index in [4.69, 9.17) is 4.42 Å². The zero-order valence-corrected chi connectivity index (χ0v) is 12.3. The zero-order valence-electron chi connectivity index (χ0n) is 10.8. The summed E-state index contributed by atoms with van der Waals surface area (Å²) in [5, 5.41) is 13.8. The molecule has 0 radical (unpaired) electrons. The van der Waals surface area contributed by atoms with Crippen LogP contribution in [0.2, 0.25) is 0 Å². The van der Waals surface area contributed by atoms with Crippen molar-refractivity contribution in [3.8, 4) is 5.75 Å². The number of furan rings is 1. The van der Waals surface area contributed by atoms with Gasteiger partial charge in [0.2, 0.25) is 0 Å². The molecule has 0 saturated carbocycles. The molecule has 1 amide bonds. The molecule has 5 nitrogen and oxygen atoms in total. The number of aromatic hydroxyl groups is 1. The number of carbonyl (C=O) groups excluding carboxylic acids is 1. The Morgan fingerprint density at radius 1 is 1.35 bits per heavy atom. The number of nitrogens with one attached hydrogen (secondary N) is 1. The fourth-order valence-corrected chi connectivity index (χ4v) is 1.96. The number of hydrogen-bond acceptors (Lipinski definition) is 4. The predicted molar refractivity (Wildman–Crippen MR) is 78.8 cm³/mol. The molecule has 20 heavy (non-hydrogen) atoms. The van der Waals surface area contributed by atoms with Gasteiger partial charge in [0, 0.05) is 5.56 Å². The second kappa shape index (κ2) is 6.38. The first-order valence-corrected chi connectivity index (χ1v) is 6.81. The van der Waals surface area contributed by atoms with Gasteiger partial charge in [-0.15, -0.1) is 0 Å². The van der Waals surface area contributed by atoms with E-state index >= 15 is 0 Å². The van der Waals surface area contributed by atoms with Gasteiger partial charge in [0.15, 0.2) is 10.4 Å². The summed E-state index contributed by atoms with van der Waals surface area (Å²) in [6, 6.07) is 10.0. The van der Waals surface area contributed by atoms with Gasteiger partial charge in [0.05, 0.1) is 5.71 Å². The highest BCUT2D eigenvalue weighted by Gasteiger charge is 2.11. The van der Waals surface area contributed by atoms with Gasteiger partial charge >= 0.3 is 5.91 Å². The van der Waals surface area contributed by atoms with Crippen molar-refractivity contribution in [3.05, 3.63) is 52.4 Å². The van der Waals surface area contributed by atoms with Crippen molar-refractivity contribution in [3.63, 3.8) is 0 Å². The molecule has 0 atom stereocenters. The van der Waals surface area contributed by atoms with Crippen LogP contribution in [0.4, 0.5) is 0 Å². The van der Waals surface area contributed by atoms with Crippen LogP contribution in [0.3, 0.4) is 0 Å². The van der Waals surface area contributed by atoms with Crippen LogP contribution < -0.4 is 5.43 Å². The molecule has 0 aliphatic carbocycles. The number of rotatable bonds is 4. The normalized spacial score (nSPS) is 11.4. The van der Waals surface area contributed by atoms with Crippen LogP contribution >= 0.6 is 15.9 Å². The van der Waals surface area contributed by atoms with E-state index in [1.807, 2.05) is 6.92 Å². The first-order chi connectivity index (χ1) is 9.61. The Morgan fingerprint density at radius 2 is 2.10 bits per heavy atom. The number of hydrazone groups is 1. The minimum atomic E-state index is -0.447. The van der Waals surface area contributed by atoms with Crippen LogP contribution in [0.25, 0.3) is 0 Å². The molecule has 0 bridgehead atoms. The molecule has 1 aromatic carbocycles. The smallest absolute Gasteiger partial charge is 0.307 e. The largest absolute Gasteiger partial charge is 0.507 e. The van der Waals surface area contributed by atoms with Crippen molar-refractivity contribution in [1.29, 1.82) is 0 Å². The Labute approximate surface area is 124 Å². The average molecular weight is 337 g/mol. The molecular weight excluding hydrogens is 324 g/mol. The standard InChI is InChI=1S/C14H13BrN2O3/c1-2-10(9-5-3-4-6-11(9)18)16-17-14(19)12-7-8-13(15)20-12/h3-8,18H,2H2,1H3,(H,17,19)/b16-10+. The summed E-state index contributed by atoms with van der Waals surface area (Å²) in [5.74, 6) is -0.159. The molecule has 1 heterocycles. The highest BCUT2D eigenvalue weighted by molar-refractivity contribution is 9.10. The summed E-state index contributed by atoms with van der Waals surface area (Å²) in [7, 11) is 0. The molecule has 2 N–H and O–H groups in total. The molecule has 0 saturated heterocycles. The fourth-order valence-electron chi connectivity index (χ4n) is 1.66. The molecule has 1 aromatic heterocycles. The number of amides is 1. The first kappa shape index (κ1) is 14.3. The van der Waals surface area contributed by atoms with Gasteiger partial charge in [-0.1, -0.05) is 19.1 Å². The first-order valence-electron chi connectivity index (χ1n) is 6.02. The number of nitrogens with zero attached hydrogens (tertiary/aromatic N) is 1. The third-order valence-electron chi connectivity index (χ3n) is 2.64. The highest BCUT2D eigenvalue weighted by atomic mass is 79.9. The quantitative estimate of drug-likeness (QED) is 0.664. The molecule has 0 unspecified atom stereocenters. The number of hydrogen-bond donors (Lipinski definition) is 2. The van der Waals surface area contributed by atoms with Gasteiger partial charge in [0.1, 0.15) is 5.75 Å². The predicted octanol–water partition coefficient (Wildman–Crippen LogP) is 3.29. The Hall–Kier alpha value is -2.08. The monoisotopic (exact) mass is 336 g/mol. The summed E-state index contributed by atoms with van der Waals surface area (Å²) in [5.41, 5.74) is 3.59. The number of para-hydroxylation sites is 1. The van der Waals surface area contributed by atoms with Crippen molar-refractivity contribution >= 4 is 27.5 Å². The minimum Gasteiger partial charge on any atom is -0.507 e. The van der Waals surface area contributed by atoms with Gasteiger partial charge in [-0.25, -0.2) is 5.43 Å². The molecule has 0 spiro atoms. The summed E-state index contributed by atoms with van der Waals surface area (Å²) in [6.07, 6.45) is 0.569. The average Bonchev–Trinajstić information content (AvgIpc) is 2.88. The van der Waals surface area contributed by atoms with Gasteiger partial charge in [-0.2, -0.15) is 5.10 Å². The second-order valence-corrected chi connectivity index (χ2v) is 4.76. The Kier molecular flexibility index (Phi) is 4.57. The lowest BCUT2D eigenvalue weighted by atomic mass is 10.1. The molecule has 2 rings (SSSR count). The van der Waals surface area contributed by atoms with E-state index in [1.165, 1.54) is 0 Å². The van der Waals surface area contributed by atoms with Crippen molar-refractivity contribution in [1.82, 2.24) is 5.43 Å². The summed E-state index contributed by atoms with van der Waals surface area (Å²) in [4.78, 5) is 11.8. The maximum Gasteiger partial charge on any atom is 0.307 e. The van der Waals surface area contributed by atoms with Gasteiger partial charge < -0.3 is 9.52 Å². The lowest BCUT2D eigenvalue weighted by Crippen LogP contribution is -2.19. The third-order valence-corrected chi connectivity index (χ3v) is 3.07. The van der Waals surface area contributed by atoms with E-state index in [1.54, 1.807) is 36.4 Å². The summed E-state index contributed by atoms with van der Waals surface area (Å²) >= 11 is 3.12. The van der Waals surface area contributed by atoms with Gasteiger partial charge in [0.25, 0.3) is 0 Å². The molecule has 0 aliphatic rings. The third kappa shape index (κ3) is 3.27. The molecule has 0 fully saturated rings. The number of carbonyl (C=O) groups is 1. The molecule has 0 aliphatic heterocycles. The van der Waals surface area contributed by atoms with E-state index < -0.39 is 5.91 Å². The maximum absolute atomic E-state index is 11.8. The topological polar surface area (TPSA) is 74.8 Å². The van der Waals surface area contributed by atoms with Crippen molar-refractivity contribution < 1.29 is 14.3 Å². The Bertz CT molecular complexity index is 649. The van der Waals surface area contributed by atoms with Crippen LogP contribution in [0.15, 0.2) is 50.6 Å². The number of phenols is 1. The minimum absolute atomic E-state index is 0.128. The van der Waals surface area contributed by atoms with Crippen LogP contribution in [0.1, 0.15) is 29.5 Å². The van der Waals surface area contributed by atoms with Crippen LogP contribution in [0, 0.1) is 0 Å². The van der Waals surface area contributed by atoms with Gasteiger partial charge in [-0.05, 0) is 46.6 Å². The molecular formula is C14H13BrN2O3. The molecule has 6 heteroatoms. The van der Waals surface area contributed by atoms with E-state index in [-0.39, 0.29) is 11.5 Å². The molecule has 104 valence electrons. The maximum atomic E-state index is 11.8. The van der Waals surface area contributed by atoms with Gasteiger partial charge in [-0.3, -0.25) is 4.79 Å². The second-order valence-electron chi connectivity index (χ2n) is 3.97. The van der Waals surface area contributed by atoms with E-state index in [0.29, 0.717) is 22.4 Å². The molecule has 2 aromatic rings. The summed E-state index contributed by atoms with van der Waals surface area (Å²) in [6.45, 7) is 1.89. The van der Waals surface area contributed by atoms with E-state index in [9.17, 15) is 9.90 Å². The van der Waals surface area contributed by atoms with Crippen LogP contribution in [-0.2, 0) is 0 Å². The fraction of sp³-hybridized carbons (Fsp3) is 0.143. The van der Waals surface area contributed by atoms with Crippen molar-refractivity contribution in [2.75, 3.05) is 0 Å². The summed E-state index contributed by atoms with van der Waals surface area (Å²) < 4.78 is 5.60. The van der Waals surface area contributed by atoms with Crippen molar-refractivity contribution in [2.24, 2.45) is 5.10 Å². The Balaban J connectivity index is 2.16. The number of benzene rings is 1. The lowest BCUT2D eigenvalue weighted by Gasteiger charge is -2.06. The SMILES string of the molecule is CC/C(=N\NC(=O)c1ccc(Br)o1)c1ccccc1O. The number of phenolic OH excluding ortho intramolecular Hbond substituents is 1. The van der Waals surface area contributed by atoms with Crippen molar-refractivity contribution in [2.45, 2.75) is 13.3 Å². The van der Waals surface area contributed by atoms with Crippen LogP contribution in [-0.4, -0.2) is 16.7 Å². The van der Waals surface area contributed by atoms with E-state index in [2.05, 4.69) is 26.5 Å². The van der Waals surface area contributed by atoms with Crippen LogP contribution in [0.5, 0.6) is 5.75 Å². The zero-order chi connectivity index (χ0) is 14.5. The van der Waals surface area contributed by atoms with E-state index in [0.717, 1.165) is 0 Å². The number of halogens is 1. The lowest BCUT2D eigenvalue weighted by molar-refractivity contribution is 0.0926. The Morgan fingerprint density at radius 3 is 2.70 bits per heavy atom. The highest BCUT2D eigenvalue weighted by Crippen LogP contribution is 2.18.